The third-order valence-corrected chi connectivity index (χ3v) is 6.86. The second-order valence-corrected chi connectivity index (χ2v) is 9.21. The summed E-state index contributed by atoms with van der Waals surface area (Å²) in [4.78, 5) is 32.3. The van der Waals surface area contributed by atoms with Gasteiger partial charge in [0.15, 0.2) is 4.80 Å². The number of carbonyl (C=O) groups is 1. The van der Waals surface area contributed by atoms with Crippen LogP contribution in [-0.4, -0.2) is 30.9 Å². The Morgan fingerprint density at radius 3 is 2.84 bits per heavy atom. The van der Waals surface area contributed by atoms with E-state index in [1.165, 1.54) is 29.8 Å². The van der Waals surface area contributed by atoms with Gasteiger partial charge in [0.1, 0.15) is 12.6 Å². The van der Waals surface area contributed by atoms with Crippen LogP contribution in [0.2, 0.25) is 5.02 Å². The Morgan fingerprint density at radius 2 is 2.13 bits per heavy atom. The predicted molar refractivity (Wildman–Crippen MR) is 122 cm³/mol. The summed E-state index contributed by atoms with van der Waals surface area (Å²) in [5.41, 5.74) is 1.51. The number of fused-ring (bicyclic) bond motifs is 1. The first-order chi connectivity index (χ1) is 15.0. The van der Waals surface area contributed by atoms with Gasteiger partial charge in [-0.3, -0.25) is 9.36 Å². The first-order valence-electron chi connectivity index (χ1n) is 9.47. The Labute approximate surface area is 191 Å². The highest BCUT2D eigenvalue weighted by molar-refractivity contribution is 7.10. The zero-order chi connectivity index (χ0) is 22.0. The number of thiophene rings is 1. The average Bonchev–Trinajstić information content (AvgIpc) is 3.36. The lowest BCUT2D eigenvalue weighted by atomic mass is 10.0. The lowest BCUT2D eigenvalue weighted by Gasteiger charge is -2.23. The molecule has 2 aromatic heterocycles. The lowest BCUT2D eigenvalue weighted by molar-refractivity contribution is -0.140. The minimum absolute atomic E-state index is 0.127. The molecule has 1 aliphatic heterocycles. The van der Waals surface area contributed by atoms with Crippen molar-refractivity contribution in [2.45, 2.75) is 13.0 Å². The third-order valence-electron chi connectivity index (χ3n) is 4.72. The Balaban J connectivity index is 1.86. The summed E-state index contributed by atoms with van der Waals surface area (Å²) in [6.07, 6.45) is 1.79. The lowest BCUT2D eigenvalue weighted by Crippen LogP contribution is -2.39. The number of thiazole rings is 1. The molecule has 0 bridgehead atoms. The van der Waals surface area contributed by atoms with Crippen LogP contribution in [0.1, 0.15) is 23.4 Å². The maximum absolute atomic E-state index is 13.4. The van der Waals surface area contributed by atoms with Crippen molar-refractivity contribution in [2.24, 2.45) is 4.99 Å². The van der Waals surface area contributed by atoms with Crippen LogP contribution in [0, 0.1) is 0 Å². The van der Waals surface area contributed by atoms with Gasteiger partial charge in [-0.05, 0) is 42.1 Å². The maximum atomic E-state index is 13.4. The number of benzene rings is 1. The summed E-state index contributed by atoms with van der Waals surface area (Å²) in [5, 5.41) is 2.51. The maximum Gasteiger partial charge on any atom is 0.338 e. The third kappa shape index (κ3) is 4.43. The van der Waals surface area contributed by atoms with E-state index in [0.717, 1.165) is 10.4 Å². The van der Waals surface area contributed by atoms with Crippen molar-refractivity contribution in [2.75, 3.05) is 20.3 Å². The van der Waals surface area contributed by atoms with Crippen LogP contribution >= 0.6 is 34.3 Å². The Morgan fingerprint density at radius 1 is 1.29 bits per heavy atom. The van der Waals surface area contributed by atoms with Gasteiger partial charge in [-0.15, -0.1) is 11.3 Å². The van der Waals surface area contributed by atoms with Crippen molar-refractivity contribution in [1.82, 2.24) is 4.57 Å². The number of methoxy groups -OCH3 is 1. The number of halogens is 1. The topological polar surface area (TPSA) is 69.9 Å². The second-order valence-electron chi connectivity index (χ2n) is 6.78. The zero-order valence-corrected chi connectivity index (χ0v) is 19.2. The van der Waals surface area contributed by atoms with E-state index in [1.54, 1.807) is 29.7 Å². The van der Waals surface area contributed by atoms with Gasteiger partial charge in [0.2, 0.25) is 0 Å². The van der Waals surface area contributed by atoms with Crippen LogP contribution in [0.25, 0.3) is 6.08 Å². The zero-order valence-electron chi connectivity index (χ0n) is 16.8. The smallest absolute Gasteiger partial charge is 0.338 e. The van der Waals surface area contributed by atoms with E-state index in [2.05, 4.69) is 4.99 Å². The molecule has 1 atom stereocenters. The standard InChI is InChI=1S/C22H19ClN2O4S2/c1-13-18(21(27)29-9-8-28-2)19(16-7-4-10-30-16)25-20(26)17(31-22(25)24-13)12-14-5-3-6-15(23)11-14/h3-7,10-12,19H,8-9H2,1-2H3/b17-12+. The summed E-state index contributed by atoms with van der Waals surface area (Å²) in [7, 11) is 1.54. The minimum Gasteiger partial charge on any atom is -0.460 e. The van der Waals surface area contributed by atoms with Gasteiger partial charge in [-0.2, -0.15) is 0 Å². The molecule has 3 heterocycles. The van der Waals surface area contributed by atoms with Crippen LogP contribution in [-0.2, 0) is 14.3 Å². The van der Waals surface area contributed by atoms with Gasteiger partial charge in [0.25, 0.3) is 5.56 Å². The highest BCUT2D eigenvalue weighted by Gasteiger charge is 2.33. The summed E-state index contributed by atoms with van der Waals surface area (Å²) in [6, 6.07) is 10.5. The Kier molecular flexibility index (Phi) is 6.52. The van der Waals surface area contributed by atoms with E-state index in [9.17, 15) is 9.59 Å². The summed E-state index contributed by atoms with van der Waals surface area (Å²) in [5.74, 6) is -0.499. The second kappa shape index (κ2) is 9.32. The highest BCUT2D eigenvalue weighted by Crippen LogP contribution is 2.33. The predicted octanol–water partition coefficient (Wildman–Crippen LogP) is 3.14. The number of aromatic nitrogens is 1. The molecule has 1 unspecified atom stereocenters. The van der Waals surface area contributed by atoms with E-state index in [0.29, 0.717) is 32.2 Å². The van der Waals surface area contributed by atoms with Crippen molar-refractivity contribution in [3.8, 4) is 0 Å². The van der Waals surface area contributed by atoms with Gasteiger partial charge in [-0.1, -0.05) is 41.1 Å². The molecule has 0 saturated heterocycles. The molecule has 1 aromatic carbocycles. The van der Waals surface area contributed by atoms with Gasteiger partial charge in [0, 0.05) is 17.0 Å². The van der Waals surface area contributed by atoms with E-state index in [1.807, 2.05) is 29.6 Å². The van der Waals surface area contributed by atoms with Crippen LogP contribution in [0.4, 0.5) is 0 Å². The molecule has 0 amide bonds. The molecule has 4 rings (SSSR count). The number of hydrogen-bond acceptors (Lipinski definition) is 7. The number of carbonyl (C=O) groups excluding carboxylic acids is 1. The van der Waals surface area contributed by atoms with Gasteiger partial charge in [-0.25, -0.2) is 9.79 Å². The monoisotopic (exact) mass is 474 g/mol. The fourth-order valence-electron chi connectivity index (χ4n) is 3.34. The summed E-state index contributed by atoms with van der Waals surface area (Å²) < 4.78 is 12.4. The van der Waals surface area contributed by atoms with Gasteiger partial charge < -0.3 is 9.47 Å². The number of rotatable bonds is 6. The minimum atomic E-state index is -0.590. The molecule has 0 aliphatic carbocycles. The molecule has 6 nitrogen and oxygen atoms in total. The molecule has 31 heavy (non-hydrogen) atoms. The molecule has 160 valence electrons. The molecule has 0 fully saturated rings. The Bertz CT molecular complexity index is 1320. The molecule has 1 aliphatic rings. The molecular formula is C22H19ClN2O4S2. The van der Waals surface area contributed by atoms with Crippen molar-refractivity contribution in [3.05, 3.63) is 88.2 Å². The first kappa shape index (κ1) is 21.7. The largest absolute Gasteiger partial charge is 0.460 e. The van der Waals surface area contributed by atoms with Crippen LogP contribution in [0.15, 0.2) is 62.8 Å². The van der Waals surface area contributed by atoms with Crippen LogP contribution in [0.5, 0.6) is 0 Å². The average molecular weight is 475 g/mol. The van der Waals surface area contributed by atoms with E-state index in [4.69, 9.17) is 21.1 Å². The number of esters is 1. The SMILES string of the molecule is COCCOC(=O)C1=C(C)N=c2s/c(=C/c3cccc(Cl)c3)c(=O)n2C1c1cccs1. The molecule has 0 N–H and O–H groups in total. The Hall–Kier alpha value is -2.52. The van der Waals surface area contributed by atoms with Gasteiger partial charge >= 0.3 is 5.97 Å². The van der Waals surface area contributed by atoms with Gasteiger partial charge in [0.05, 0.1) is 22.4 Å². The summed E-state index contributed by atoms with van der Waals surface area (Å²) >= 11 is 8.85. The van der Waals surface area contributed by atoms with E-state index in [-0.39, 0.29) is 12.2 Å². The first-order valence-corrected chi connectivity index (χ1v) is 11.5. The van der Waals surface area contributed by atoms with E-state index >= 15 is 0 Å². The van der Waals surface area contributed by atoms with Crippen LogP contribution in [0.3, 0.4) is 0 Å². The van der Waals surface area contributed by atoms with Crippen LogP contribution < -0.4 is 14.9 Å². The molecule has 0 spiro atoms. The number of ether oxygens (including phenoxy) is 2. The van der Waals surface area contributed by atoms with Crippen molar-refractivity contribution < 1.29 is 14.3 Å². The van der Waals surface area contributed by atoms with Crippen molar-refractivity contribution in [3.63, 3.8) is 0 Å². The van der Waals surface area contributed by atoms with E-state index < -0.39 is 12.0 Å². The highest BCUT2D eigenvalue weighted by atomic mass is 35.5. The fourth-order valence-corrected chi connectivity index (χ4v) is 5.41. The number of hydrogen-bond donors (Lipinski definition) is 0. The molecule has 9 heteroatoms. The molecule has 0 saturated carbocycles. The number of allylic oxidation sites excluding steroid dienone is 1. The fraction of sp³-hybridized carbons (Fsp3) is 0.227. The quantitative estimate of drug-likeness (QED) is 0.406. The summed E-state index contributed by atoms with van der Waals surface area (Å²) in [6.45, 7) is 2.19. The van der Waals surface area contributed by atoms with Crippen molar-refractivity contribution >= 4 is 46.3 Å². The van der Waals surface area contributed by atoms with Crippen molar-refractivity contribution in [1.29, 1.82) is 0 Å². The normalized spacial score (nSPS) is 16.2. The molecular weight excluding hydrogens is 456 g/mol. The number of nitrogens with zero attached hydrogens (tertiary/aromatic N) is 2. The molecule has 3 aromatic rings. The molecule has 0 radical (unpaired) electrons.